The fourth-order valence-corrected chi connectivity index (χ4v) is 2.00. The van der Waals surface area contributed by atoms with E-state index in [1.54, 1.807) is 26.5 Å². The van der Waals surface area contributed by atoms with E-state index < -0.39 is 0 Å². The normalized spacial score (nSPS) is 10.3. The number of hydrogen-bond acceptors (Lipinski definition) is 3. The van der Waals surface area contributed by atoms with Crippen LogP contribution in [0.1, 0.15) is 11.1 Å². The summed E-state index contributed by atoms with van der Waals surface area (Å²) in [5, 5.41) is 9.48. The van der Waals surface area contributed by atoms with Gasteiger partial charge in [-0.25, -0.2) is 0 Å². The highest BCUT2D eigenvalue weighted by Gasteiger charge is 2.12. The first kappa shape index (κ1) is 13.2. The van der Waals surface area contributed by atoms with Gasteiger partial charge >= 0.3 is 0 Å². The first-order chi connectivity index (χ1) is 9.13. The molecule has 1 aromatic carbocycles. The number of methoxy groups -OCH3 is 2. The lowest BCUT2D eigenvalue weighted by Gasteiger charge is -2.11. The van der Waals surface area contributed by atoms with E-state index in [-0.39, 0.29) is 5.75 Å². The lowest BCUT2D eigenvalue weighted by molar-refractivity contribution is -0.688. The summed E-state index contributed by atoms with van der Waals surface area (Å²) < 4.78 is 12.5. The minimum absolute atomic E-state index is 0.251. The van der Waals surface area contributed by atoms with Gasteiger partial charge in [0.1, 0.15) is 0 Å². The molecule has 0 fully saturated rings. The van der Waals surface area contributed by atoms with Crippen molar-refractivity contribution in [1.29, 1.82) is 0 Å². The van der Waals surface area contributed by atoms with Crippen molar-refractivity contribution in [2.24, 2.45) is 0 Å². The number of pyridine rings is 1. The third kappa shape index (κ3) is 2.96. The Morgan fingerprint density at radius 3 is 2.47 bits per heavy atom. The molecule has 0 saturated carbocycles. The van der Waals surface area contributed by atoms with Gasteiger partial charge in [0.25, 0.3) is 0 Å². The van der Waals surface area contributed by atoms with Gasteiger partial charge in [-0.05, 0) is 30.7 Å². The number of nitrogens with zero attached hydrogens (tertiary/aromatic N) is 1. The molecule has 2 aromatic rings. The number of rotatable bonds is 4. The summed E-state index contributed by atoms with van der Waals surface area (Å²) in [5.41, 5.74) is 2.24. The largest absolute Gasteiger partial charge is 0.503 e. The topological polar surface area (TPSA) is 42.6 Å². The second-order valence-corrected chi connectivity index (χ2v) is 4.37. The molecular formula is C15H18NO3+. The van der Waals surface area contributed by atoms with Crippen LogP contribution in [0.5, 0.6) is 17.2 Å². The number of ether oxygens (including phenoxy) is 2. The molecule has 1 aromatic heterocycles. The van der Waals surface area contributed by atoms with Crippen molar-refractivity contribution in [3.8, 4) is 17.2 Å². The van der Waals surface area contributed by atoms with Crippen molar-refractivity contribution < 1.29 is 19.1 Å². The van der Waals surface area contributed by atoms with Crippen LogP contribution in [0.2, 0.25) is 0 Å². The highest BCUT2D eigenvalue weighted by atomic mass is 16.5. The van der Waals surface area contributed by atoms with Crippen LogP contribution in [-0.4, -0.2) is 19.3 Å². The molecule has 0 amide bonds. The maximum Gasteiger partial charge on any atom is 0.211 e. The molecule has 0 spiro atoms. The lowest BCUT2D eigenvalue weighted by atomic mass is 10.1. The predicted octanol–water partition coefficient (Wildman–Crippen LogP) is 2.05. The van der Waals surface area contributed by atoms with Gasteiger partial charge < -0.3 is 14.6 Å². The molecule has 0 saturated heterocycles. The van der Waals surface area contributed by atoms with Gasteiger partial charge in [-0.15, -0.1) is 0 Å². The van der Waals surface area contributed by atoms with E-state index in [1.165, 1.54) is 0 Å². The number of aryl methyl sites for hydroxylation is 1. The van der Waals surface area contributed by atoms with Crippen molar-refractivity contribution in [1.82, 2.24) is 0 Å². The van der Waals surface area contributed by atoms with Crippen molar-refractivity contribution in [3.05, 3.63) is 47.8 Å². The second kappa shape index (κ2) is 5.61. The fourth-order valence-electron chi connectivity index (χ4n) is 2.00. The Labute approximate surface area is 112 Å². The molecule has 0 aliphatic carbocycles. The molecule has 4 nitrogen and oxygen atoms in total. The van der Waals surface area contributed by atoms with E-state index in [0.717, 1.165) is 16.9 Å². The minimum atomic E-state index is 0.251. The van der Waals surface area contributed by atoms with Gasteiger partial charge in [-0.3, -0.25) is 0 Å². The number of benzene rings is 1. The highest BCUT2D eigenvalue weighted by Crippen LogP contribution is 2.30. The molecule has 100 valence electrons. The zero-order chi connectivity index (χ0) is 13.8. The number of hydrogen-bond donors (Lipinski definition) is 1. The van der Waals surface area contributed by atoms with E-state index in [1.807, 2.05) is 35.9 Å². The van der Waals surface area contributed by atoms with Crippen LogP contribution in [0, 0.1) is 6.92 Å². The van der Waals surface area contributed by atoms with Crippen LogP contribution in [0.4, 0.5) is 0 Å². The first-order valence-corrected chi connectivity index (χ1v) is 6.03. The Balaban J connectivity index is 2.35. The molecule has 0 bridgehead atoms. The molecule has 19 heavy (non-hydrogen) atoms. The molecule has 0 radical (unpaired) electrons. The average molecular weight is 260 g/mol. The van der Waals surface area contributed by atoms with Crippen molar-refractivity contribution >= 4 is 0 Å². The molecule has 0 unspecified atom stereocenters. The van der Waals surface area contributed by atoms with Crippen LogP contribution in [-0.2, 0) is 6.54 Å². The van der Waals surface area contributed by atoms with E-state index in [9.17, 15) is 5.11 Å². The summed E-state index contributed by atoms with van der Waals surface area (Å²) in [7, 11) is 3.25. The smallest absolute Gasteiger partial charge is 0.211 e. The quantitative estimate of drug-likeness (QED) is 0.856. The van der Waals surface area contributed by atoms with Gasteiger partial charge in [0.2, 0.25) is 6.20 Å². The Morgan fingerprint density at radius 1 is 1.16 bits per heavy atom. The predicted molar refractivity (Wildman–Crippen MR) is 71.7 cm³/mol. The zero-order valence-electron chi connectivity index (χ0n) is 11.4. The molecule has 0 atom stereocenters. The summed E-state index contributed by atoms with van der Waals surface area (Å²) in [6.45, 7) is 2.70. The van der Waals surface area contributed by atoms with Gasteiger partial charge in [-0.1, -0.05) is 0 Å². The van der Waals surface area contributed by atoms with Crippen molar-refractivity contribution in [2.75, 3.05) is 14.2 Å². The van der Waals surface area contributed by atoms with Gasteiger partial charge in [-0.2, -0.15) is 4.57 Å². The molecule has 0 aliphatic heterocycles. The van der Waals surface area contributed by atoms with Crippen LogP contribution in [0.3, 0.4) is 0 Å². The van der Waals surface area contributed by atoms with E-state index in [2.05, 4.69) is 0 Å². The summed E-state index contributed by atoms with van der Waals surface area (Å²) in [6.07, 6.45) is 3.60. The third-order valence-electron chi connectivity index (χ3n) is 3.04. The maximum absolute atomic E-state index is 9.48. The monoisotopic (exact) mass is 260 g/mol. The minimum Gasteiger partial charge on any atom is -0.503 e. The number of aromatic hydroxyl groups is 1. The Bertz CT molecular complexity index is 582. The Hall–Kier alpha value is -2.23. The molecule has 4 heteroatoms. The number of aromatic nitrogens is 1. The Kier molecular flexibility index (Phi) is 3.90. The fraction of sp³-hybridized carbons (Fsp3) is 0.267. The van der Waals surface area contributed by atoms with E-state index in [4.69, 9.17) is 9.47 Å². The standard InChI is InChI=1S/C15H17NO3/c1-11-7-14(18-2)15(19-3)8-12(11)9-16-6-4-5-13(17)10-16/h4-8,10H,9H2,1-3H3/p+1. The molecule has 1 N–H and O–H groups in total. The molecule has 2 rings (SSSR count). The zero-order valence-corrected chi connectivity index (χ0v) is 11.4. The first-order valence-electron chi connectivity index (χ1n) is 6.03. The lowest BCUT2D eigenvalue weighted by Crippen LogP contribution is -2.33. The third-order valence-corrected chi connectivity index (χ3v) is 3.04. The molecule has 0 aliphatic rings. The van der Waals surface area contributed by atoms with Gasteiger partial charge in [0.05, 0.1) is 14.2 Å². The van der Waals surface area contributed by atoms with Crippen LogP contribution < -0.4 is 14.0 Å². The summed E-state index contributed by atoms with van der Waals surface area (Å²) >= 11 is 0. The van der Waals surface area contributed by atoms with Crippen LogP contribution >= 0.6 is 0 Å². The summed E-state index contributed by atoms with van der Waals surface area (Å²) in [5.74, 6) is 1.69. The van der Waals surface area contributed by atoms with Crippen LogP contribution in [0.15, 0.2) is 36.7 Å². The Morgan fingerprint density at radius 2 is 1.84 bits per heavy atom. The summed E-state index contributed by atoms with van der Waals surface area (Å²) in [4.78, 5) is 0. The van der Waals surface area contributed by atoms with Crippen molar-refractivity contribution in [3.63, 3.8) is 0 Å². The SMILES string of the molecule is COc1cc(C)c(C[n+]2cccc(O)c2)cc1OC. The van der Waals surface area contributed by atoms with Crippen LogP contribution in [0.25, 0.3) is 0 Å². The summed E-state index contributed by atoms with van der Waals surface area (Å²) in [6, 6.07) is 7.38. The van der Waals surface area contributed by atoms with Crippen molar-refractivity contribution in [2.45, 2.75) is 13.5 Å². The van der Waals surface area contributed by atoms with E-state index >= 15 is 0 Å². The highest BCUT2D eigenvalue weighted by molar-refractivity contribution is 5.46. The van der Waals surface area contributed by atoms with E-state index in [0.29, 0.717) is 12.3 Å². The molecular weight excluding hydrogens is 242 g/mol. The van der Waals surface area contributed by atoms with Gasteiger partial charge in [0.15, 0.2) is 30.0 Å². The maximum atomic E-state index is 9.48. The second-order valence-electron chi connectivity index (χ2n) is 4.37. The molecule has 1 heterocycles. The average Bonchev–Trinajstić information content (AvgIpc) is 2.40. The van der Waals surface area contributed by atoms with Gasteiger partial charge in [0, 0.05) is 11.6 Å².